The maximum atomic E-state index is 2.74. The van der Waals surface area contributed by atoms with Crippen molar-refractivity contribution in [3.63, 3.8) is 0 Å². The molecule has 0 nitrogen and oxygen atoms in total. The van der Waals surface area contributed by atoms with Gasteiger partial charge in [0.1, 0.15) is 0 Å². The minimum absolute atomic E-state index is 0.788. The van der Waals surface area contributed by atoms with Crippen molar-refractivity contribution in [3.05, 3.63) is 48.6 Å². The van der Waals surface area contributed by atoms with Crippen LogP contribution in [0.3, 0.4) is 0 Å². The Morgan fingerprint density at radius 1 is 0.667 bits per heavy atom. The molecule has 4 aliphatic carbocycles. The fourth-order valence-electron chi connectivity index (χ4n) is 7.70. The number of allylic oxidation sites excluding steroid dienone is 8. The Morgan fingerprint density at radius 3 is 1.75 bits per heavy atom. The highest BCUT2D eigenvalue weighted by Crippen LogP contribution is 2.63. The van der Waals surface area contributed by atoms with Crippen LogP contribution in [0.2, 0.25) is 24.2 Å². The smallest absolute Gasteiger partial charge is 0.0550 e. The van der Waals surface area contributed by atoms with Gasteiger partial charge in [0.15, 0.2) is 0 Å². The first kappa shape index (κ1) is 16.6. The van der Waals surface area contributed by atoms with Crippen LogP contribution in [0.15, 0.2) is 48.6 Å². The van der Waals surface area contributed by atoms with Crippen LogP contribution < -0.4 is 0 Å². The Morgan fingerprint density at radius 2 is 1.17 bits per heavy atom. The standard InChI is InChI=1S/C23H34Si/c1-15-14-18-10-6-7-13-21(18)22(15)24(4,5)23-16(2)19-11-8-9-12-20(19)17(23)3/h6-13,15-23H,14H2,1-5H3. The highest BCUT2D eigenvalue weighted by Gasteiger charge is 2.57. The molecular formula is C23H34Si. The lowest BCUT2D eigenvalue weighted by molar-refractivity contribution is 0.427. The van der Waals surface area contributed by atoms with E-state index >= 15 is 0 Å². The van der Waals surface area contributed by atoms with Gasteiger partial charge in [-0.1, -0.05) is 82.5 Å². The van der Waals surface area contributed by atoms with E-state index in [0.29, 0.717) is 0 Å². The summed E-state index contributed by atoms with van der Waals surface area (Å²) in [5.74, 6) is 5.80. The third-order valence-corrected chi connectivity index (χ3v) is 13.7. The van der Waals surface area contributed by atoms with Crippen molar-refractivity contribution in [2.24, 2.45) is 41.4 Å². The first-order chi connectivity index (χ1) is 11.4. The van der Waals surface area contributed by atoms with Crippen LogP contribution in [-0.2, 0) is 0 Å². The Balaban J connectivity index is 1.67. The second-order valence-electron chi connectivity index (χ2n) is 9.74. The van der Waals surface area contributed by atoms with E-state index in [2.05, 4.69) is 82.5 Å². The molecule has 8 unspecified atom stereocenters. The zero-order chi connectivity index (χ0) is 17.1. The van der Waals surface area contributed by atoms with Gasteiger partial charge in [-0.25, -0.2) is 0 Å². The van der Waals surface area contributed by atoms with Crippen LogP contribution in [0.4, 0.5) is 0 Å². The molecule has 0 aromatic carbocycles. The number of hydrogen-bond acceptors (Lipinski definition) is 0. The zero-order valence-corrected chi connectivity index (χ0v) is 17.0. The Labute approximate surface area is 149 Å². The third-order valence-electron chi connectivity index (χ3n) is 8.26. The maximum absolute atomic E-state index is 2.74. The number of hydrogen-bond donors (Lipinski definition) is 0. The molecule has 2 fully saturated rings. The first-order valence-electron chi connectivity index (χ1n) is 10.1. The molecule has 0 bridgehead atoms. The molecule has 4 rings (SSSR count). The van der Waals surface area contributed by atoms with E-state index in [4.69, 9.17) is 0 Å². The molecule has 0 aromatic rings. The summed E-state index contributed by atoms with van der Waals surface area (Å²) in [5.41, 5.74) is 1.90. The Bertz CT molecular complexity index is 584. The van der Waals surface area contributed by atoms with Gasteiger partial charge in [-0.15, -0.1) is 0 Å². The Kier molecular flexibility index (Phi) is 4.07. The lowest BCUT2D eigenvalue weighted by Crippen LogP contribution is -2.45. The van der Waals surface area contributed by atoms with Crippen LogP contribution >= 0.6 is 0 Å². The van der Waals surface area contributed by atoms with Gasteiger partial charge in [-0.05, 0) is 58.9 Å². The minimum atomic E-state index is -1.38. The average molecular weight is 339 g/mol. The van der Waals surface area contributed by atoms with E-state index in [1.165, 1.54) is 6.42 Å². The molecule has 4 aliphatic rings. The molecule has 0 N–H and O–H groups in total. The van der Waals surface area contributed by atoms with E-state index in [-0.39, 0.29) is 0 Å². The van der Waals surface area contributed by atoms with Gasteiger partial charge in [0.2, 0.25) is 0 Å². The normalized spacial score (nSPS) is 49.5. The van der Waals surface area contributed by atoms with Gasteiger partial charge >= 0.3 is 0 Å². The molecule has 8 atom stereocenters. The van der Waals surface area contributed by atoms with Crippen molar-refractivity contribution < 1.29 is 0 Å². The van der Waals surface area contributed by atoms with Crippen molar-refractivity contribution in [2.45, 2.75) is 51.4 Å². The zero-order valence-electron chi connectivity index (χ0n) is 16.0. The van der Waals surface area contributed by atoms with Gasteiger partial charge in [-0.3, -0.25) is 0 Å². The maximum Gasteiger partial charge on any atom is 0.0550 e. The molecule has 130 valence electrons. The molecule has 0 radical (unpaired) electrons. The predicted molar refractivity (Wildman–Crippen MR) is 108 cm³/mol. The van der Waals surface area contributed by atoms with Crippen LogP contribution in [-0.4, -0.2) is 8.07 Å². The summed E-state index contributed by atoms with van der Waals surface area (Å²) in [7, 11) is -1.38. The van der Waals surface area contributed by atoms with E-state index in [0.717, 1.165) is 52.5 Å². The second kappa shape index (κ2) is 5.87. The molecule has 0 aromatic heterocycles. The van der Waals surface area contributed by atoms with Gasteiger partial charge in [0.25, 0.3) is 0 Å². The molecule has 0 saturated heterocycles. The van der Waals surface area contributed by atoms with Crippen LogP contribution in [0.5, 0.6) is 0 Å². The summed E-state index contributed by atoms with van der Waals surface area (Å²) in [5, 5.41) is 0. The van der Waals surface area contributed by atoms with Crippen molar-refractivity contribution in [2.75, 3.05) is 0 Å². The molecule has 0 heterocycles. The molecular weight excluding hydrogens is 304 g/mol. The molecule has 0 aliphatic heterocycles. The number of rotatable bonds is 2. The summed E-state index contributed by atoms with van der Waals surface area (Å²) >= 11 is 0. The van der Waals surface area contributed by atoms with Crippen LogP contribution in [0, 0.1) is 41.4 Å². The summed E-state index contributed by atoms with van der Waals surface area (Å²) < 4.78 is 0. The van der Waals surface area contributed by atoms with Crippen molar-refractivity contribution in [1.29, 1.82) is 0 Å². The minimum Gasteiger partial charge on any atom is -0.0808 e. The fourth-order valence-corrected chi connectivity index (χ4v) is 14.3. The van der Waals surface area contributed by atoms with Crippen LogP contribution in [0.1, 0.15) is 27.2 Å². The molecule has 24 heavy (non-hydrogen) atoms. The fraction of sp³-hybridized carbons (Fsp3) is 0.652. The highest BCUT2D eigenvalue weighted by molar-refractivity contribution is 6.80. The van der Waals surface area contributed by atoms with Crippen molar-refractivity contribution in [3.8, 4) is 0 Å². The topological polar surface area (TPSA) is 0 Å². The second-order valence-corrected chi connectivity index (χ2v) is 14.7. The quantitative estimate of drug-likeness (QED) is 0.506. The molecule has 0 spiro atoms. The highest BCUT2D eigenvalue weighted by atomic mass is 28.3. The molecule has 0 amide bonds. The summed E-state index contributed by atoms with van der Waals surface area (Å²) in [6.45, 7) is 13.2. The van der Waals surface area contributed by atoms with Gasteiger partial charge < -0.3 is 0 Å². The largest absolute Gasteiger partial charge is 0.0808 e. The molecule has 2 saturated carbocycles. The Hall–Kier alpha value is -0.823. The summed E-state index contributed by atoms with van der Waals surface area (Å²) in [4.78, 5) is 0. The average Bonchev–Trinajstić information content (AvgIpc) is 3.02. The monoisotopic (exact) mass is 338 g/mol. The van der Waals surface area contributed by atoms with Gasteiger partial charge in [0.05, 0.1) is 8.07 Å². The van der Waals surface area contributed by atoms with Gasteiger partial charge in [0, 0.05) is 0 Å². The van der Waals surface area contributed by atoms with Crippen molar-refractivity contribution >= 4 is 8.07 Å². The van der Waals surface area contributed by atoms with E-state index in [1.54, 1.807) is 0 Å². The lowest BCUT2D eigenvalue weighted by Gasteiger charge is -2.45. The third kappa shape index (κ3) is 2.30. The van der Waals surface area contributed by atoms with E-state index < -0.39 is 8.07 Å². The first-order valence-corrected chi connectivity index (χ1v) is 13.3. The van der Waals surface area contributed by atoms with Gasteiger partial charge in [-0.2, -0.15) is 0 Å². The SMILES string of the molecule is CC1CC2C=CC=CC2C1[Si](C)(C)C1C(C)C2C=CC=CC2C1C. The lowest BCUT2D eigenvalue weighted by atomic mass is 9.85. The van der Waals surface area contributed by atoms with E-state index in [9.17, 15) is 0 Å². The van der Waals surface area contributed by atoms with E-state index in [1.807, 2.05) is 0 Å². The molecule has 1 heteroatoms. The predicted octanol–water partition coefficient (Wildman–Crippen LogP) is 6.48. The van der Waals surface area contributed by atoms with Crippen molar-refractivity contribution in [1.82, 2.24) is 0 Å². The summed E-state index contributed by atoms with van der Waals surface area (Å²) in [6, 6.07) is 0. The number of fused-ring (bicyclic) bond motifs is 2. The summed E-state index contributed by atoms with van der Waals surface area (Å²) in [6.07, 6.45) is 20.7. The van der Waals surface area contributed by atoms with Crippen LogP contribution in [0.25, 0.3) is 0 Å².